The number of hydrogen-bond acceptors (Lipinski definition) is 0. The smallest absolute Gasteiger partial charge is 0.0710 e. The summed E-state index contributed by atoms with van der Waals surface area (Å²) in [6, 6.07) is 17.4. The Kier molecular flexibility index (Phi) is 9.78. The van der Waals surface area contributed by atoms with Gasteiger partial charge < -0.3 is 0 Å². The van der Waals surface area contributed by atoms with E-state index < -0.39 is 5.41 Å². The lowest BCUT2D eigenvalue weighted by molar-refractivity contribution is 0.760. The van der Waals surface area contributed by atoms with E-state index in [4.69, 9.17) is 0 Å². The van der Waals surface area contributed by atoms with Crippen molar-refractivity contribution in [3.63, 3.8) is 0 Å². The summed E-state index contributed by atoms with van der Waals surface area (Å²) in [5.41, 5.74) is 7.08. The van der Waals surface area contributed by atoms with Crippen molar-refractivity contribution in [2.45, 2.75) is 40.0 Å². The van der Waals surface area contributed by atoms with Crippen molar-refractivity contribution in [2.24, 2.45) is 0 Å². The van der Waals surface area contributed by atoms with Gasteiger partial charge in [-0.05, 0) is 39.8 Å². The summed E-state index contributed by atoms with van der Waals surface area (Å²) in [6.07, 6.45) is 15.2. The van der Waals surface area contributed by atoms with Crippen LogP contribution in [0.5, 0.6) is 0 Å². The molecule has 0 aromatic heterocycles. The van der Waals surface area contributed by atoms with E-state index in [0.717, 1.165) is 12.0 Å². The molecule has 0 bridgehead atoms. The molecule has 3 rings (SSSR count). The first-order valence-electron chi connectivity index (χ1n) is 10.4. The molecule has 0 spiro atoms. The van der Waals surface area contributed by atoms with Crippen LogP contribution in [-0.2, 0) is 5.41 Å². The van der Waals surface area contributed by atoms with E-state index in [1.54, 1.807) is 0 Å². The minimum atomic E-state index is -0.404. The number of fused-ring (bicyclic) bond motifs is 3. The van der Waals surface area contributed by atoms with Crippen LogP contribution in [-0.4, -0.2) is 0 Å². The summed E-state index contributed by atoms with van der Waals surface area (Å²) in [5.74, 6) is 0. The molecular formula is C30H36. The Morgan fingerprint density at radius 1 is 0.833 bits per heavy atom. The second-order valence-corrected chi connectivity index (χ2v) is 6.57. The summed E-state index contributed by atoms with van der Waals surface area (Å²) in [6.45, 7) is 18.1. The van der Waals surface area contributed by atoms with E-state index in [9.17, 15) is 0 Å². The van der Waals surface area contributed by atoms with E-state index in [1.165, 1.54) is 27.8 Å². The van der Waals surface area contributed by atoms with E-state index in [0.29, 0.717) is 0 Å². The maximum Gasteiger partial charge on any atom is 0.0710 e. The van der Waals surface area contributed by atoms with Crippen molar-refractivity contribution in [2.75, 3.05) is 0 Å². The van der Waals surface area contributed by atoms with Crippen LogP contribution in [0.3, 0.4) is 0 Å². The van der Waals surface area contributed by atoms with E-state index in [1.807, 2.05) is 38.2 Å². The van der Waals surface area contributed by atoms with Gasteiger partial charge in [-0.3, -0.25) is 0 Å². The molecule has 1 aliphatic rings. The normalized spacial score (nSPS) is 14.0. The summed E-state index contributed by atoms with van der Waals surface area (Å²) in [5, 5.41) is 0. The number of rotatable bonds is 7. The van der Waals surface area contributed by atoms with Gasteiger partial charge in [0.05, 0.1) is 5.41 Å². The van der Waals surface area contributed by atoms with Crippen molar-refractivity contribution in [1.29, 1.82) is 0 Å². The van der Waals surface area contributed by atoms with Gasteiger partial charge in [-0.15, -0.1) is 0 Å². The summed E-state index contributed by atoms with van der Waals surface area (Å²) >= 11 is 0. The van der Waals surface area contributed by atoms with Crippen molar-refractivity contribution >= 4 is 0 Å². The molecule has 0 atom stereocenters. The minimum Gasteiger partial charge on any atom is -0.0991 e. The zero-order valence-corrected chi connectivity index (χ0v) is 18.0. The van der Waals surface area contributed by atoms with Crippen molar-refractivity contribution in [1.82, 2.24) is 0 Å². The highest BCUT2D eigenvalue weighted by atomic mass is 14.5. The third-order valence-corrected chi connectivity index (χ3v) is 5.17. The molecule has 0 unspecified atom stereocenters. The largest absolute Gasteiger partial charge is 0.0991 e. The quantitative estimate of drug-likeness (QED) is 0.410. The van der Waals surface area contributed by atoms with E-state index >= 15 is 0 Å². The topological polar surface area (TPSA) is 0 Å². The number of allylic oxidation sites excluding steroid dienone is 9. The third-order valence-electron chi connectivity index (χ3n) is 5.17. The lowest BCUT2D eigenvalue weighted by Crippen LogP contribution is -2.29. The lowest BCUT2D eigenvalue weighted by atomic mass is 9.66. The average molecular weight is 397 g/mol. The second kappa shape index (κ2) is 11.8. The fourth-order valence-electron chi connectivity index (χ4n) is 4.23. The molecule has 0 amide bonds. The minimum absolute atomic E-state index is 0. The monoisotopic (exact) mass is 396 g/mol. The molecule has 0 aliphatic heterocycles. The zero-order chi connectivity index (χ0) is 21.3. The predicted molar refractivity (Wildman–Crippen MR) is 137 cm³/mol. The molecule has 0 radical (unpaired) electrons. The van der Waals surface area contributed by atoms with Crippen molar-refractivity contribution < 1.29 is 0 Å². The molecule has 2 aromatic carbocycles. The molecule has 0 N–H and O–H groups in total. The van der Waals surface area contributed by atoms with Gasteiger partial charge in [-0.1, -0.05) is 139 Å². The van der Waals surface area contributed by atoms with Crippen LogP contribution < -0.4 is 0 Å². The maximum atomic E-state index is 4.15. The molecular weight excluding hydrogens is 360 g/mol. The molecule has 0 saturated heterocycles. The van der Waals surface area contributed by atoms with Gasteiger partial charge in [-0.2, -0.15) is 0 Å². The van der Waals surface area contributed by atoms with E-state index in [2.05, 4.69) is 93.4 Å². The molecule has 30 heavy (non-hydrogen) atoms. The lowest BCUT2D eigenvalue weighted by Gasteiger charge is -2.35. The summed E-state index contributed by atoms with van der Waals surface area (Å²) < 4.78 is 0. The Morgan fingerprint density at radius 3 is 1.80 bits per heavy atom. The van der Waals surface area contributed by atoms with Gasteiger partial charge in [-0.25, -0.2) is 0 Å². The molecule has 0 nitrogen and oxygen atoms in total. The highest BCUT2D eigenvalue weighted by Gasteiger charge is 2.46. The van der Waals surface area contributed by atoms with Gasteiger partial charge in [0.1, 0.15) is 0 Å². The SMILES string of the molecule is C.C=C/C=C\C(=C/CC)C1(/C(C=C)=C/C=C)c2ccccc2-c2ccccc21.CC. The third kappa shape index (κ3) is 4.09. The highest BCUT2D eigenvalue weighted by Crippen LogP contribution is 2.57. The Hall–Kier alpha value is -3.12. The number of benzene rings is 2. The first-order valence-corrected chi connectivity index (χ1v) is 10.4. The standard InChI is InChI=1S/C27H26.C2H6.CH4/c1-5-9-16-22(15-7-3)27(21(8-4)14-6-2)25-19-12-10-17-23(25)24-18-11-13-20-26(24)27;1-2;/h5-6,8-20H,1-2,4,7H2,3H3;1-2H3;1H4/b16-9-,21-14+,22-15+;;. The van der Waals surface area contributed by atoms with Crippen LogP contribution in [0, 0.1) is 0 Å². The zero-order valence-electron chi connectivity index (χ0n) is 18.0. The first-order chi connectivity index (χ1) is 14.2. The Balaban J connectivity index is 0.00000146. The van der Waals surface area contributed by atoms with Crippen LogP contribution in [0.1, 0.15) is 45.7 Å². The Morgan fingerprint density at radius 2 is 1.37 bits per heavy atom. The molecule has 0 heterocycles. The predicted octanol–water partition coefficient (Wildman–Crippen LogP) is 8.99. The van der Waals surface area contributed by atoms with Gasteiger partial charge in [0, 0.05) is 0 Å². The number of hydrogen-bond donors (Lipinski definition) is 0. The second-order valence-electron chi connectivity index (χ2n) is 6.57. The summed E-state index contributed by atoms with van der Waals surface area (Å²) in [4.78, 5) is 0. The molecule has 0 fully saturated rings. The van der Waals surface area contributed by atoms with Crippen molar-refractivity contribution in [3.05, 3.63) is 133 Å². The van der Waals surface area contributed by atoms with Crippen LogP contribution >= 0.6 is 0 Å². The Labute approximate surface area is 184 Å². The molecule has 1 aliphatic carbocycles. The van der Waals surface area contributed by atoms with Crippen molar-refractivity contribution in [3.8, 4) is 11.1 Å². The van der Waals surface area contributed by atoms with Gasteiger partial charge in [0.15, 0.2) is 0 Å². The molecule has 0 saturated carbocycles. The maximum absolute atomic E-state index is 4.15. The van der Waals surface area contributed by atoms with Gasteiger partial charge in [0.2, 0.25) is 0 Å². The summed E-state index contributed by atoms with van der Waals surface area (Å²) in [7, 11) is 0. The molecule has 2 aromatic rings. The Bertz CT molecular complexity index is 918. The first kappa shape index (κ1) is 24.9. The van der Waals surface area contributed by atoms with Gasteiger partial charge in [0.25, 0.3) is 0 Å². The molecule has 156 valence electrons. The van der Waals surface area contributed by atoms with E-state index in [-0.39, 0.29) is 7.43 Å². The molecule has 0 heteroatoms. The van der Waals surface area contributed by atoms with Crippen LogP contribution in [0.2, 0.25) is 0 Å². The fourth-order valence-corrected chi connectivity index (χ4v) is 4.23. The van der Waals surface area contributed by atoms with Gasteiger partial charge >= 0.3 is 0 Å². The fraction of sp³-hybridized carbons (Fsp3) is 0.200. The highest BCUT2D eigenvalue weighted by molar-refractivity contribution is 5.87. The van der Waals surface area contributed by atoms with Crippen LogP contribution in [0.25, 0.3) is 11.1 Å². The van der Waals surface area contributed by atoms with Crippen LogP contribution in [0.4, 0.5) is 0 Å². The average Bonchev–Trinajstić information content (AvgIpc) is 3.08. The van der Waals surface area contributed by atoms with Crippen LogP contribution in [0.15, 0.2) is 122 Å².